The Hall–Kier alpha value is -1.33. The maximum atomic E-state index is 12.6. The number of thiophene rings is 1. The Balaban J connectivity index is 2.40. The molecule has 1 heterocycles. The van der Waals surface area contributed by atoms with Crippen LogP contribution in [0.15, 0.2) is 35.0 Å². The van der Waals surface area contributed by atoms with Gasteiger partial charge in [0.05, 0.1) is 11.6 Å². The molecule has 0 bridgehead atoms. The van der Waals surface area contributed by atoms with Gasteiger partial charge in [0.25, 0.3) is 0 Å². The first-order chi connectivity index (χ1) is 8.93. The van der Waals surface area contributed by atoms with Crippen LogP contribution in [-0.2, 0) is 6.18 Å². The largest absolute Gasteiger partial charge is 0.416 e. The molecule has 2 rings (SSSR count). The summed E-state index contributed by atoms with van der Waals surface area (Å²) < 4.78 is 37.9. The van der Waals surface area contributed by atoms with Crippen LogP contribution in [0.3, 0.4) is 0 Å². The molecule has 0 aliphatic rings. The summed E-state index contributed by atoms with van der Waals surface area (Å²) in [5.74, 6) is 0. The topological polar surface area (TPSA) is 12.0 Å². The van der Waals surface area contributed by atoms with E-state index in [0.717, 1.165) is 17.2 Å². The fourth-order valence-electron chi connectivity index (χ4n) is 2.12. The van der Waals surface area contributed by atoms with E-state index in [4.69, 9.17) is 0 Å². The normalized spacial score (nSPS) is 13.5. The number of alkyl halides is 3. The van der Waals surface area contributed by atoms with Gasteiger partial charge in [-0.1, -0.05) is 6.07 Å². The van der Waals surface area contributed by atoms with Crippen molar-refractivity contribution in [3.8, 4) is 0 Å². The summed E-state index contributed by atoms with van der Waals surface area (Å²) in [5, 5.41) is 7.10. The molecule has 0 saturated heterocycles. The number of hydrogen-bond acceptors (Lipinski definition) is 2. The zero-order valence-electron chi connectivity index (χ0n) is 10.6. The lowest BCUT2D eigenvalue weighted by Crippen LogP contribution is -2.18. The molecule has 2 aromatic rings. The van der Waals surface area contributed by atoms with Gasteiger partial charge in [-0.25, -0.2) is 0 Å². The molecule has 0 amide bonds. The van der Waals surface area contributed by atoms with Gasteiger partial charge in [-0.05, 0) is 59.6 Å². The van der Waals surface area contributed by atoms with Crippen LogP contribution in [0.2, 0.25) is 0 Å². The second-order valence-corrected chi connectivity index (χ2v) is 5.13. The maximum absolute atomic E-state index is 12.6. The van der Waals surface area contributed by atoms with Crippen molar-refractivity contribution in [1.82, 2.24) is 5.32 Å². The highest BCUT2D eigenvalue weighted by Gasteiger charge is 2.31. The summed E-state index contributed by atoms with van der Waals surface area (Å²) in [6, 6.07) is 5.79. The van der Waals surface area contributed by atoms with E-state index in [1.165, 1.54) is 6.07 Å². The molecule has 0 spiro atoms. The molecule has 0 saturated carbocycles. The number of halogens is 3. The number of rotatable bonds is 3. The van der Waals surface area contributed by atoms with E-state index in [9.17, 15) is 13.2 Å². The third-order valence-corrected chi connectivity index (χ3v) is 3.77. The SMILES string of the molecule is CNC(c1ccsc1)c1ccc(C(F)(F)F)cc1C. The Morgan fingerprint density at radius 2 is 1.95 bits per heavy atom. The van der Waals surface area contributed by atoms with Gasteiger partial charge in [0, 0.05) is 0 Å². The van der Waals surface area contributed by atoms with Crippen molar-refractivity contribution < 1.29 is 13.2 Å². The average molecular weight is 285 g/mol. The summed E-state index contributed by atoms with van der Waals surface area (Å²) in [6.45, 7) is 1.71. The third-order valence-electron chi connectivity index (χ3n) is 3.07. The predicted octanol–water partition coefficient (Wildman–Crippen LogP) is 4.38. The Bertz CT molecular complexity index is 546. The zero-order valence-corrected chi connectivity index (χ0v) is 11.4. The van der Waals surface area contributed by atoms with Crippen molar-refractivity contribution in [2.75, 3.05) is 7.05 Å². The highest BCUT2D eigenvalue weighted by molar-refractivity contribution is 7.08. The first-order valence-corrected chi connectivity index (χ1v) is 6.75. The Kier molecular flexibility index (Phi) is 3.96. The summed E-state index contributed by atoms with van der Waals surface area (Å²) in [7, 11) is 1.81. The van der Waals surface area contributed by atoms with Crippen LogP contribution in [0.5, 0.6) is 0 Å². The van der Waals surface area contributed by atoms with Crippen molar-refractivity contribution in [1.29, 1.82) is 0 Å². The second-order valence-electron chi connectivity index (χ2n) is 4.35. The van der Waals surface area contributed by atoms with Gasteiger partial charge in [-0.2, -0.15) is 24.5 Å². The predicted molar refractivity (Wildman–Crippen MR) is 71.4 cm³/mol. The first-order valence-electron chi connectivity index (χ1n) is 5.80. The van der Waals surface area contributed by atoms with Crippen LogP contribution in [0, 0.1) is 6.92 Å². The smallest absolute Gasteiger partial charge is 0.309 e. The lowest BCUT2D eigenvalue weighted by molar-refractivity contribution is -0.137. The summed E-state index contributed by atoms with van der Waals surface area (Å²) in [4.78, 5) is 0. The van der Waals surface area contributed by atoms with E-state index in [1.54, 1.807) is 31.4 Å². The number of nitrogens with one attached hydrogen (secondary N) is 1. The van der Waals surface area contributed by atoms with Gasteiger partial charge < -0.3 is 5.32 Å². The Morgan fingerprint density at radius 3 is 2.42 bits per heavy atom. The van der Waals surface area contributed by atoms with Crippen molar-refractivity contribution >= 4 is 11.3 Å². The maximum Gasteiger partial charge on any atom is 0.416 e. The minimum absolute atomic E-state index is 0.0754. The fraction of sp³-hybridized carbons (Fsp3) is 0.286. The Morgan fingerprint density at radius 1 is 1.21 bits per heavy atom. The molecular formula is C14H14F3NS. The van der Waals surface area contributed by atoms with Crippen molar-refractivity contribution in [3.63, 3.8) is 0 Å². The van der Waals surface area contributed by atoms with Crippen LogP contribution in [-0.4, -0.2) is 7.05 Å². The number of aryl methyl sites for hydroxylation is 1. The number of hydrogen-bond donors (Lipinski definition) is 1. The van der Waals surface area contributed by atoms with Gasteiger partial charge in [-0.3, -0.25) is 0 Å². The standard InChI is InChI=1S/C14H14F3NS/c1-9-7-11(14(15,16)17)3-4-12(9)13(18-2)10-5-6-19-8-10/h3-8,13,18H,1-2H3. The molecule has 0 fully saturated rings. The van der Waals surface area contributed by atoms with E-state index in [-0.39, 0.29) is 6.04 Å². The van der Waals surface area contributed by atoms with Gasteiger partial charge in [0.2, 0.25) is 0 Å². The minimum atomic E-state index is -4.29. The number of benzene rings is 1. The van der Waals surface area contributed by atoms with E-state index in [0.29, 0.717) is 5.56 Å². The monoisotopic (exact) mass is 285 g/mol. The highest BCUT2D eigenvalue weighted by Crippen LogP contribution is 2.33. The lowest BCUT2D eigenvalue weighted by atomic mass is 9.95. The van der Waals surface area contributed by atoms with Crippen molar-refractivity contribution in [2.45, 2.75) is 19.1 Å². The summed E-state index contributed by atoms with van der Waals surface area (Å²) in [6.07, 6.45) is -4.29. The summed E-state index contributed by atoms with van der Waals surface area (Å²) in [5.41, 5.74) is 1.97. The minimum Gasteiger partial charge on any atom is -0.309 e. The summed E-state index contributed by atoms with van der Waals surface area (Å²) >= 11 is 1.57. The lowest BCUT2D eigenvalue weighted by Gasteiger charge is -2.19. The molecule has 102 valence electrons. The molecule has 0 radical (unpaired) electrons. The van der Waals surface area contributed by atoms with Gasteiger partial charge in [0.1, 0.15) is 0 Å². The van der Waals surface area contributed by atoms with Crippen LogP contribution >= 0.6 is 11.3 Å². The molecule has 19 heavy (non-hydrogen) atoms. The molecule has 0 aliphatic heterocycles. The molecule has 1 nitrogen and oxygen atoms in total. The fourth-order valence-corrected chi connectivity index (χ4v) is 2.80. The van der Waals surface area contributed by atoms with E-state index in [2.05, 4.69) is 5.32 Å². The molecule has 5 heteroatoms. The van der Waals surface area contributed by atoms with Crippen LogP contribution in [0.25, 0.3) is 0 Å². The van der Waals surface area contributed by atoms with Gasteiger partial charge in [0.15, 0.2) is 0 Å². The second kappa shape index (κ2) is 5.35. The Labute approximate surface area is 114 Å². The average Bonchev–Trinajstić information content (AvgIpc) is 2.84. The van der Waals surface area contributed by atoms with E-state index < -0.39 is 11.7 Å². The van der Waals surface area contributed by atoms with Crippen molar-refractivity contribution in [3.05, 3.63) is 57.3 Å². The molecule has 1 atom stereocenters. The first kappa shape index (κ1) is 14.1. The quantitative estimate of drug-likeness (QED) is 0.882. The van der Waals surface area contributed by atoms with E-state index in [1.807, 2.05) is 16.8 Å². The molecule has 1 N–H and O–H groups in total. The molecular weight excluding hydrogens is 271 g/mol. The van der Waals surface area contributed by atoms with Crippen LogP contribution in [0.1, 0.15) is 28.3 Å². The molecule has 1 aromatic heterocycles. The highest BCUT2D eigenvalue weighted by atomic mass is 32.1. The van der Waals surface area contributed by atoms with Crippen LogP contribution in [0.4, 0.5) is 13.2 Å². The zero-order chi connectivity index (χ0) is 14.0. The van der Waals surface area contributed by atoms with Crippen molar-refractivity contribution in [2.24, 2.45) is 0 Å². The van der Waals surface area contributed by atoms with Gasteiger partial charge >= 0.3 is 6.18 Å². The molecule has 0 aliphatic carbocycles. The van der Waals surface area contributed by atoms with Gasteiger partial charge in [-0.15, -0.1) is 0 Å². The van der Waals surface area contributed by atoms with Crippen LogP contribution < -0.4 is 5.32 Å². The molecule has 1 aromatic carbocycles. The third kappa shape index (κ3) is 2.98. The van der Waals surface area contributed by atoms with E-state index >= 15 is 0 Å². The molecule has 1 unspecified atom stereocenters.